The lowest BCUT2D eigenvalue weighted by Gasteiger charge is -2.42. The van der Waals surface area contributed by atoms with E-state index in [1.807, 2.05) is 12.1 Å². The van der Waals surface area contributed by atoms with E-state index in [4.69, 9.17) is 4.74 Å². The Balaban J connectivity index is 1.57. The van der Waals surface area contributed by atoms with Gasteiger partial charge in [-0.15, -0.1) is 13.2 Å². The molecule has 0 spiro atoms. The van der Waals surface area contributed by atoms with E-state index in [2.05, 4.69) is 38.7 Å². The molecule has 2 fully saturated rings. The van der Waals surface area contributed by atoms with Crippen LogP contribution < -0.4 is 15.0 Å². The first-order valence-corrected chi connectivity index (χ1v) is 10.3. The van der Waals surface area contributed by atoms with Crippen molar-refractivity contribution in [3.05, 3.63) is 54.4 Å². The lowest BCUT2D eigenvalue weighted by Crippen LogP contribution is -2.52. The summed E-state index contributed by atoms with van der Waals surface area (Å²) in [6, 6.07) is 10.1. The second kappa shape index (κ2) is 8.64. The van der Waals surface area contributed by atoms with Gasteiger partial charge in [-0.2, -0.15) is 0 Å². The monoisotopic (exact) mass is 436 g/mol. The molecule has 31 heavy (non-hydrogen) atoms. The lowest BCUT2D eigenvalue weighted by molar-refractivity contribution is -0.274. The molecule has 2 aliphatic rings. The summed E-state index contributed by atoms with van der Waals surface area (Å²) in [5, 5.41) is 3.42. The molecule has 2 unspecified atom stereocenters. The Hall–Kier alpha value is -2.36. The molecule has 2 aliphatic heterocycles. The number of alkyl halides is 3. The van der Waals surface area contributed by atoms with Crippen molar-refractivity contribution in [1.82, 2.24) is 15.2 Å². The number of hydrogen-bond donors (Lipinski definition) is 1. The van der Waals surface area contributed by atoms with Crippen LogP contribution in [-0.2, 0) is 4.74 Å². The normalized spacial score (nSPS) is 23.0. The third-order valence-corrected chi connectivity index (χ3v) is 5.81. The Bertz CT molecular complexity index is 855. The summed E-state index contributed by atoms with van der Waals surface area (Å²) in [6.07, 6.45) is -1.13. The van der Waals surface area contributed by atoms with Crippen LogP contribution in [0.15, 0.2) is 48.8 Å². The predicted molar refractivity (Wildman–Crippen MR) is 111 cm³/mol. The van der Waals surface area contributed by atoms with Gasteiger partial charge in [-0.05, 0) is 55.8 Å². The molecule has 0 aliphatic carbocycles. The topological polar surface area (TPSA) is 49.9 Å². The zero-order chi connectivity index (χ0) is 22.1. The minimum absolute atomic E-state index is 0.0158. The molecule has 0 radical (unpaired) electrons. The van der Waals surface area contributed by atoms with Crippen LogP contribution in [-0.4, -0.2) is 60.8 Å². The van der Waals surface area contributed by atoms with Gasteiger partial charge in [0.05, 0.1) is 25.4 Å². The van der Waals surface area contributed by atoms with Gasteiger partial charge in [-0.1, -0.05) is 0 Å². The van der Waals surface area contributed by atoms with Crippen LogP contribution in [0.3, 0.4) is 0 Å². The fourth-order valence-corrected chi connectivity index (χ4v) is 4.42. The number of morpholine rings is 1. The van der Waals surface area contributed by atoms with E-state index in [9.17, 15) is 13.2 Å². The van der Waals surface area contributed by atoms with Crippen molar-refractivity contribution in [3.8, 4) is 5.75 Å². The zero-order valence-electron chi connectivity index (χ0n) is 17.6. The Morgan fingerprint density at radius 1 is 1.16 bits per heavy atom. The molecule has 2 saturated heterocycles. The molecule has 4 rings (SSSR count). The second-order valence-corrected chi connectivity index (χ2v) is 8.50. The van der Waals surface area contributed by atoms with Gasteiger partial charge in [0.15, 0.2) is 0 Å². The maximum absolute atomic E-state index is 12.5. The molecule has 2 aromatic rings. The Labute approximate surface area is 180 Å². The number of nitrogens with zero attached hydrogens (tertiary/aromatic N) is 3. The minimum atomic E-state index is -4.69. The number of anilines is 1. The Morgan fingerprint density at radius 2 is 1.87 bits per heavy atom. The summed E-state index contributed by atoms with van der Waals surface area (Å²) < 4.78 is 47.5. The molecule has 0 saturated carbocycles. The first-order valence-electron chi connectivity index (χ1n) is 10.3. The SMILES string of the molecule is CC1(C)CN(c2ccc(OC(F)(F)F)cc2)CN1C(c1ccncc1)C1CNCCO1. The van der Waals surface area contributed by atoms with Crippen molar-refractivity contribution in [1.29, 1.82) is 0 Å². The van der Waals surface area contributed by atoms with Gasteiger partial charge in [0.2, 0.25) is 0 Å². The number of hydrogen-bond acceptors (Lipinski definition) is 6. The van der Waals surface area contributed by atoms with Crippen LogP contribution >= 0.6 is 0 Å². The summed E-state index contributed by atoms with van der Waals surface area (Å²) in [5.41, 5.74) is 1.80. The number of ether oxygens (including phenoxy) is 2. The standard InChI is InChI=1S/C22H27F3N4O2/c1-21(2)14-28(17-3-5-18(6-4-17)31-22(23,24)25)15-29(21)20(16-7-9-26-10-8-16)19-13-27-11-12-30-19/h3-10,19-20,27H,11-15H2,1-2H3. The summed E-state index contributed by atoms with van der Waals surface area (Å²) in [7, 11) is 0. The molecule has 1 aromatic carbocycles. The van der Waals surface area contributed by atoms with Gasteiger partial charge in [0.25, 0.3) is 0 Å². The first-order chi connectivity index (χ1) is 14.7. The quantitative estimate of drug-likeness (QED) is 0.774. The van der Waals surface area contributed by atoms with E-state index in [0.717, 1.165) is 30.9 Å². The van der Waals surface area contributed by atoms with Crippen molar-refractivity contribution in [2.24, 2.45) is 0 Å². The number of halogens is 3. The summed E-state index contributed by atoms with van der Waals surface area (Å²) in [6.45, 7) is 7.96. The summed E-state index contributed by atoms with van der Waals surface area (Å²) >= 11 is 0. The average molecular weight is 436 g/mol. The van der Waals surface area contributed by atoms with Crippen LogP contribution in [0.5, 0.6) is 5.75 Å². The van der Waals surface area contributed by atoms with Crippen LogP contribution in [0, 0.1) is 0 Å². The van der Waals surface area contributed by atoms with Crippen LogP contribution in [0.1, 0.15) is 25.5 Å². The van der Waals surface area contributed by atoms with Gasteiger partial charge in [0.1, 0.15) is 5.75 Å². The average Bonchev–Trinajstić information content (AvgIpc) is 3.04. The number of aromatic nitrogens is 1. The van der Waals surface area contributed by atoms with E-state index in [1.54, 1.807) is 24.5 Å². The highest BCUT2D eigenvalue weighted by molar-refractivity contribution is 5.50. The van der Waals surface area contributed by atoms with E-state index in [-0.39, 0.29) is 23.4 Å². The molecule has 0 amide bonds. The minimum Gasteiger partial charge on any atom is -0.406 e. The molecule has 168 valence electrons. The van der Waals surface area contributed by atoms with E-state index < -0.39 is 6.36 Å². The molecule has 0 bridgehead atoms. The number of pyridine rings is 1. The van der Waals surface area contributed by atoms with E-state index in [0.29, 0.717) is 13.3 Å². The zero-order valence-corrected chi connectivity index (χ0v) is 17.6. The fourth-order valence-electron chi connectivity index (χ4n) is 4.42. The molecule has 6 nitrogen and oxygen atoms in total. The summed E-state index contributed by atoms with van der Waals surface area (Å²) in [5.74, 6) is -0.220. The lowest BCUT2D eigenvalue weighted by atomic mass is 9.94. The fraction of sp³-hybridized carbons (Fsp3) is 0.500. The molecule has 1 aromatic heterocycles. The van der Waals surface area contributed by atoms with Gasteiger partial charge in [0, 0.05) is 43.3 Å². The van der Waals surface area contributed by atoms with Crippen LogP contribution in [0.2, 0.25) is 0 Å². The highest BCUT2D eigenvalue weighted by Gasteiger charge is 2.45. The molecule has 3 heterocycles. The predicted octanol–water partition coefficient (Wildman–Crippen LogP) is 3.57. The second-order valence-electron chi connectivity index (χ2n) is 8.50. The molecule has 9 heteroatoms. The molecule has 1 N–H and O–H groups in total. The highest BCUT2D eigenvalue weighted by atomic mass is 19.4. The number of nitrogens with one attached hydrogen (secondary N) is 1. The third kappa shape index (κ3) is 5.11. The first kappa shape index (κ1) is 21.9. The van der Waals surface area contributed by atoms with Gasteiger partial charge in [-0.3, -0.25) is 9.88 Å². The number of rotatable bonds is 5. The molecular weight excluding hydrogens is 409 g/mol. The van der Waals surface area contributed by atoms with Crippen molar-refractivity contribution in [2.75, 3.05) is 37.8 Å². The van der Waals surface area contributed by atoms with Crippen LogP contribution in [0.4, 0.5) is 18.9 Å². The summed E-state index contributed by atoms with van der Waals surface area (Å²) in [4.78, 5) is 8.73. The molecular formula is C22H27F3N4O2. The van der Waals surface area contributed by atoms with Crippen LogP contribution in [0.25, 0.3) is 0 Å². The maximum atomic E-state index is 12.5. The smallest absolute Gasteiger partial charge is 0.406 e. The number of benzene rings is 1. The Morgan fingerprint density at radius 3 is 2.48 bits per heavy atom. The van der Waals surface area contributed by atoms with Gasteiger partial charge < -0.3 is 19.7 Å². The van der Waals surface area contributed by atoms with Crippen molar-refractivity contribution < 1.29 is 22.6 Å². The van der Waals surface area contributed by atoms with E-state index >= 15 is 0 Å². The van der Waals surface area contributed by atoms with Crippen molar-refractivity contribution in [3.63, 3.8) is 0 Å². The molecule has 2 atom stereocenters. The highest BCUT2D eigenvalue weighted by Crippen LogP contribution is 2.39. The van der Waals surface area contributed by atoms with Crippen molar-refractivity contribution in [2.45, 2.75) is 37.9 Å². The van der Waals surface area contributed by atoms with Crippen molar-refractivity contribution >= 4 is 5.69 Å². The van der Waals surface area contributed by atoms with E-state index in [1.165, 1.54) is 12.1 Å². The van der Waals surface area contributed by atoms with Gasteiger partial charge >= 0.3 is 6.36 Å². The maximum Gasteiger partial charge on any atom is 0.573 e. The largest absolute Gasteiger partial charge is 0.573 e. The third-order valence-electron chi connectivity index (χ3n) is 5.81. The van der Waals surface area contributed by atoms with Gasteiger partial charge in [-0.25, -0.2) is 0 Å². The Kier molecular flexibility index (Phi) is 6.09.